The fourth-order valence-corrected chi connectivity index (χ4v) is 4.30. The normalized spacial score (nSPS) is 20.8. The number of nitrogens with one attached hydrogen (secondary N) is 1. The Morgan fingerprint density at radius 3 is 2.89 bits per heavy atom. The number of aryl methyl sites for hydroxylation is 1. The first kappa shape index (κ1) is 16.7. The SMILES string of the molecule is Cc1cc(-c2cc3ncn(C4CC4)c3c(O[C@H](C)C3CNC(=O)C3)n2)sn1. The van der Waals surface area contributed by atoms with Gasteiger partial charge in [0.2, 0.25) is 11.8 Å². The van der Waals surface area contributed by atoms with Gasteiger partial charge in [0.1, 0.15) is 11.6 Å². The number of aromatic nitrogens is 4. The van der Waals surface area contributed by atoms with Crippen molar-refractivity contribution in [2.75, 3.05) is 6.54 Å². The second-order valence-corrected chi connectivity index (χ2v) is 8.29. The third-order valence-corrected chi connectivity index (χ3v) is 6.21. The Morgan fingerprint density at radius 1 is 1.37 bits per heavy atom. The fourth-order valence-electron chi connectivity index (χ4n) is 3.58. The van der Waals surface area contributed by atoms with Gasteiger partial charge in [0.05, 0.1) is 28.1 Å². The van der Waals surface area contributed by atoms with E-state index in [4.69, 9.17) is 9.72 Å². The summed E-state index contributed by atoms with van der Waals surface area (Å²) in [4.78, 5) is 22.0. The molecule has 1 saturated carbocycles. The zero-order valence-corrected chi connectivity index (χ0v) is 16.1. The average Bonchev–Trinajstić information content (AvgIpc) is 3.04. The van der Waals surface area contributed by atoms with Gasteiger partial charge in [0, 0.05) is 24.9 Å². The number of pyridine rings is 1. The molecule has 1 N–H and O–H groups in total. The molecule has 2 atom stereocenters. The van der Waals surface area contributed by atoms with Crippen molar-refractivity contribution in [3.63, 3.8) is 0 Å². The van der Waals surface area contributed by atoms with Gasteiger partial charge in [-0.3, -0.25) is 4.79 Å². The Labute approximate surface area is 160 Å². The molecule has 1 saturated heterocycles. The molecule has 8 heteroatoms. The van der Waals surface area contributed by atoms with Crippen LogP contribution in [0, 0.1) is 12.8 Å². The highest BCUT2D eigenvalue weighted by atomic mass is 32.1. The summed E-state index contributed by atoms with van der Waals surface area (Å²) in [6, 6.07) is 4.53. The maximum absolute atomic E-state index is 11.6. The van der Waals surface area contributed by atoms with Crippen LogP contribution in [0.25, 0.3) is 21.6 Å². The number of carbonyl (C=O) groups is 1. The molecule has 27 heavy (non-hydrogen) atoms. The van der Waals surface area contributed by atoms with Gasteiger partial charge in [-0.1, -0.05) is 0 Å². The van der Waals surface area contributed by atoms with Crippen molar-refractivity contribution in [1.29, 1.82) is 0 Å². The van der Waals surface area contributed by atoms with E-state index in [1.807, 2.05) is 32.3 Å². The van der Waals surface area contributed by atoms with Gasteiger partial charge >= 0.3 is 0 Å². The smallest absolute Gasteiger partial charge is 0.241 e. The van der Waals surface area contributed by atoms with E-state index in [1.54, 1.807) is 0 Å². The molecule has 3 aromatic heterocycles. The quantitative estimate of drug-likeness (QED) is 0.732. The fraction of sp³-hybridized carbons (Fsp3) is 0.474. The largest absolute Gasteiger partial charge is 0.473 e. The molecule has 140 valence electrons. The van der Waals surface area contributed by atoms with E-state index in [0.29, 0.717) is 24.9 Å². The minimum atomic E-state index is -0.111. The van der Waals surface area contributed by atoms with E-state index in [1.165, 1.54) is 11.5 Å². The lowest BCUT2D eigenvalue weighted by molar-refractivity contribution is -0.119. The molecule has 4 heterocycles. The topological polar surface area (TPSA) is 81.9 Å². The first-order valence-electron chi connectivity index (χ1n) is 9.33. The second kappa shape index (κ2) is 6.30. The van der Waals surface area contributed by atoms with Crippen LogP contribution >= 0.6 is 11.5 Å². The lowest BCUT2D eigenvalue weighted by Gasteiger charge is -2.20. The summed E-state index contributed by atoms with van der Waals surface area (Å²) in [5.74, 6) is 0.844. The molecule has 5 rings (SSSR count). The van der Waals surface area contributed by atoms with E-state index in [0.717, 1.165) is 40.1 Å². The molecule has 1 aliphatic carbocycles. The maximum Gasteiger partial charge on any atom is 0.241 e. The van der Waals surface area contributed by atoms with Gasteiger partial charge in [0.15, 0.2) is 0 Å². The molecule has 1 unspecified atom stereocenters. The molecular formula is C19H21N5O2S. The molecular weight excluding hydrogens is 362 g/mol. The lowest BCUT2D eigenvalue weighted by atomic mass is 10.0. The number of carbonyl (C=O) groups excluding carboxylic acids is 1. The zero-order valence-electron chi connectivity index (χ0n) is 15.3. The zero-order chi connectivity index (χ0) is 18.5. The number of rotatable bonds is 5. The Kier molecular flexibility index (Phi) is 3.89. The van der Waals surface area contributed by atoms with E-state index in [-0.39, 0.29) is 17.9 Å². The van der Waals surface area contributed by atoms with Crippen LogP contribution in [0.2, 0.25) is 0 Å². The highest BCUT2D eigenvalue weighted by Crippen LogP contribution is 2.40. The van der Waals surface area contributed by atoms with Gasteiger partial charge in [-0.2, -0.15) is 4.37 Å². The Hall–Kier alpha value is -2.48. The number of ether oxygens (including phenoxy) is 1. The highest BCUT2D eigenvalue weighted by molar-refractivity contribution is 7.09. The molecule has 3 aromatic rings. The monoisotopic (exact) mass is 383 g/mol. The predicted molar refractivity (Wildman–Crippen MR) is 103 cm³/mol. The third-order valence-electron chi connectivity index (χ3n) is 5.31. The summed E-state index contributed by atoms with van der Waals surface area (Å²) >= 11 is 1.43. The van der Waals surface area contributed by atoms with Gasteiger partial charge in [-0.25, -0.2) is 9.97 Å². The van der Waals surface area contributed by atoms with Gasteiger partial charge in [-0.05, 0) is 50.4 Å². The van der Waals surface area contributed by atoms with Crippen molar-refractivity contribution < 1.29 is 9.53 Å². The summed E-state index contributed by atoms with van der Waals surface area (Å²) < 4.78 is 12.9. The molecule has 7 nitrogen and oxygen atoms in total. The summed E-state index contributed by atoms with van der Waals surface area (Å²) in [5, 5.41) is 2.88. The van der Waals surface area contributed by atoms with Crippen LogP contribution in [0.3, 0.4) is 0 Å². The molecule has 0 aromatic carbocycles. The first-order valence-corrected chi connectivity index (χ1v) is 10.1. The number of imidazole rings is 1. The average molecular weight is 383 g/mol. The van der Waals surface area contributed by atoms with Crippen molar-refractivity contribution in [1.82, 2.24) is 24.2 Å². The molecule has 2 aliphatic rings. The molecule has 1 aliphatic heterocycles. The molecule has 1 amide bonds. The molecule has 0 spiro atoms. The van der Waals surface area contributed by atoms with Crippen LogP contribution in [-0.4, -0.2) is 37.5 Å². The van der Waals surface area contributed by atoms with E-state index in [9.17, 15) is 4.79 Å². The summed E-state index contributed by atoms with van der Waals surface area (Å²) in [6.45, 7) is 4.64. The maximum atomic E-state index is 11.6. The predicted octanol–water partition coefficient (Wildman–Crippen LogP) is 3.10. The van der Waals surface area contributed by atoms with Gasteiger partial charge in [-0.15, -0.1) is 0 Å². The van der Waals surface area contributed by atoms with Crippen LogP contribution in [0.15, 0.2) is 18.5 Å². The van der Waals surface area contributed by atoms with E-state index < -0.39 is 0 Å². The summed E-state index contributed by atoms with van der Waals surface area (Å²) in [6.07, 6.45) is 4.61. The number of fused-ring (bicyclic) bond motifs is 1. The Bertz CT molecular complexity index is 1020. The molecule has 0 radical (unpaired) electrons. The number of hydrogen-bond donors (Lipinski definition) is 1. The number of amides is 1. The minimum absolute atomic E-state index is 0.0884. The minimum Gasteiger partial charge on any atom is -0.473 e. The third kappa shape index (κ3) is 3.07. The molecule has 0 bridgehead atoms. The summed E-state index contributed by atoms with van der Waals surface area (Å²) in [5.41, 5.74) is 3.65. The van der Waals surface area contributed by atoms with Gasteiger partial charge < -0.3 is 14.6 Å². The van der Waals surface area contributed by atoms with Crippen LogP contribution < -0.4 is 10.1 Å². The first-order chi connectivity index (χ1) is 13.1. The van der Waals surface area contributed by atoms with Crippen molar-refractivity contribution in [2.24, 2.45) is 5.92 Å². The number of hydrogen-bond acceptors (Lipinski definition) is 6. The van der Waals surface area contributed by atoms with Crippen molar-refractivity contribution in [3.8, 4) is 16.5 Å². The van der Waals surface area contributed by atoms with Crippen molar-refractivity contribution in [3.05, 3.63) is 24.2 Å². The Morgan fingerprint density at radius 2 is 2.22 bits per heavy atom. The van der Waals surface area contributed by atoms with E-state index in [2.05, 4.69) is 19.2 Å². The van der Waals surface area contributed by atoms with Crippen LogP contribution in [0.4, 0.5) is 0 Å². The number of nitrogens with zero attached hydrogens (tertiary/aromatic N) is 4. The van der Waals surface area contributed by atoms with Crippen molar-refractivity contribution in [2.45, 2.75) is 45.3 Å². The van der Waals surface area contributed by atoms with Crippen LogP contribution in [0.1, 0.15) is 37.9 Å². The Balaban J connectivity index is 1.56. The molecule has 2 fully saturated rings. The van der Waals surface area contributed by atoms with Crippen LogP contribution in [0.5, 0.6) is 5.88 Å². The lowest BCUT2D eigenvalue weighted by Crippen LogP contribution is -2.26. The van der Waals surface area contributed by atoms with Gasteiger partial charge in [0.25, 0.3) is 0 Å². The standard InChI is InChI=1S/C19H21N5O2S/c1-10-5-16(27-23-10)14-7-15-18(24(9-21-15)13-3-4-13)19(22-14)26-11(2)12-6-17(25)20-8-12/h5,7,9,11-13H,3-4,6,8H2,1-2H3,(H,20,25)/t11-,12?/m1/s1. The van der Waals surface area contributed by atoms with Crippen LogP contribution in [-0.2, 0) is 4.79 Å². The summed E-state index contributed by atoms with van der Waals surface area (Å²) in [7, 11) is 0. The van der Waals surface area contributed by atoms with E-state index >= 15 is 0 Å². The van der Waals surface area contributed by atoms with Crippen molar-refractivity contribution >= 4 is 28.5 Å². The highest BCUT2D eigenvalue weighted by Gasteiger charge is 2.31. The second-order valence-electron chi connectivity index (χ2n) is 7.49.